The van der Waals surface area contributed by atoms with Crippen LogP contribution in [-0.2, 0) is 6.42 Å². The van der Waals surface area contributed by atoms with Gasteiger partial charge in [0.2, 0.25) is 0 Å². The van der Waals surface area contributed by atoms with Crippen LogP contribution in [0.3, 0.4) is 0 Å². The van der Waals surface area contributed by atoms with Crippen LogP contribution >= 0.6 is 12.4 Å². The Labute approximate surface area is 114 Å². The Morgan fingerprint density at radius 3 is 2.67 bits per heavy atom. The minimum Gasteiger partial charge on any atom is -0.493 e. The fourth-order valence-electron chi connectivity index (χ4n) is 1.99. The van der Waals surface area contributed by atoms with E-state index in [1.165, 1.54) is 18.9 Å². The van der Waals surface area contributed by atoms with Crippen molar-refractivity contribution in [3.05, 3.63) is 29.1 Å². The van der Waals surface area contributed by atoms with Crippen LogP contribution in [0, 0.1) is 18.7 Å². The molecule has 1 fully saturated rings. The Morgan fingerprint density at radius 1 is 1.44 bits per heavy atom. The molecule has 2 nitrogen and oxygen atoms in total. The molecule has 4 heteroatoms. The zero-order valence-electron chi connectivity index (χ0n) is 10.9. The average Bonchev–Trinajstić information content (AvgIpc) is 2.98. The van der Waals surface area contributed by atoms with E-state index in [4.69, 9.17) is 10.5 Å². The summed E-state index contributed by atoms with van der Waals surface area (Å²) in [6, 6.07) is 3.07. The third kappa shape index (κ3) is 4.14. The highest BCUT2D eigenvalue weighted by molar-refractivity contribution is 5.85. The van der Waals surface area contributed by atoms with Crippen LogP contribution in [0.1, 0.15) is 30.9 Å². The summed E-state index contributed by atoms with van der Waals surface area (Å²) >= 11 is 0. The molecule has 0 aromatic heterocycles. The van der Waals surface area contributed by atoms with Gasteiger partial charge >= 0.3 is 0 Å². The number of ether oxygens (including phenoxy) is 1. The Morgan fingerprint density at radius 2 is 2.11 bits per heavy atom. The van der Waals surface area contributed by atoms with Crippen LogP contribution < -0.4 is 10.5 Å². The molecule has 0 bridgehead atoms. The predicted octanol–water partition coefficient (Wildman–Crippen LogP) is 3.23. The van der Waals surface area contributed by atoms with Crippen molar-refractivity contribution >= 4 is 12.4 Å². The molecule has 0 heterocycles. The number of nitrogens with two attached hydrogens (primary N) is 1. The molecule has 1 unspecified atom stereocenters. The first kappa shape index (κ1) is 15.3. The molecule has 0 spiro atoms. The topological polar surface area (TPSA) is 35.2 Å². The van der Waals surface area contributed by atoms with Crippen LogP contribution in [0.5, 0.6) is 5.75 Å². The fraction of sp³-hybridized carbons (Fsp3) is 0.571. The van der Waals surface area contributed by atoms with Crippen LogP contribution in [-0.4, -0.2) is 12.6 Å². The summed E-state index contributed by atoms with van der Waals surface area (Å²) < 4.78 is 19.2. The standard InChI is InChI=1S/C14H20FNO.ClH/c1-9-5-13(15)7-12(6-10(2)16)14(9)17-8-11-3-4-11;/h5,7,10-11H,3-4,6,8,16H2,1-2H3;1H. The molecule has 1 atom stereocenters. The van der Waals surface area contributed by atoms with Gasteiger partial charge in [0, 0.05) is 6.04 Å². The van der Waals surface area contributed by atoms with E-state index in [0.29, 0.717) is 12.3 Å². The summed E-state index contributed by atoms with van der Waals surface area (Å²) in [5.41, 5.74) is 7.53. The summed E-state index contributed by atoms with van der Waals surface area (Å²) in [5.74, 6) is 1.31. The van der Waals surface area contributed by atoms with E-state index >= 15 is 0 Å². The molecular weight excluding hydrogens is 253 g/mol. The number of halogens is 2. The number of hydrogen-bond donors (Lipinski definition) is 1. The van der Waals surface area contributed by atoms with E-state index in [0.717, 1.165) is 23.5 Å². The molecule has 0 saturated heterocycles. The Kier molecular flexibility index (Phi) is 5.42. The smallest absolute Gasteiger partial charge is 0.125 e. The van der Waals surface area contributed by atoms with Crippen LogP contribution in [0.2, 0.25) is 0 Å². The Bertz CT molecular complexity index is 405. The van der Waals surface area contributed by atoms with Gasteiger partial charge in [-0.1, -0.05) is 0 Å². The number of hydrogen-bond acceptors (Lipinski definition) is 2. The van der Waals surface area contributed by atoms with Crippen molar-refractivity contribution in [2.45, 2.75) is 39.2 Å². The van der Waals surface area contributed by atoms with Gasteiger partial charge in [-0.2, -0.15) is 0 Å². The Hall–Kier alpha value is -0.800. The third-order valence-electron chi connectivity index (χ3n) is 3.02. The maximum absolute atomic E-state index is 13.4. The van der Waals surface area contributed by atoms with E-state index in [-0.39, 0.29) is 24.3 Å². The predicted molar refractivity (Wildman–Crippen MR) is 74.0 cm³/mol. The highest BCUT2D eigenvalue weighted by Gasteiger charge is 2.23. The number of rotatable bonds is 5. The van der Waals surface area contributed by atoms with Gasteiger partial charge in [0.1, 0.15) is 11.6 Å². The molecule has 1 aromatic carbocycles. The van der Waals surface area contributed by atoms with Crippen LogP contribution in [0.4, 0.5) is 4.39 Å². The van der Waals surface area contributed by atoms with Gasteiger partial charge in [0.15, 0.2) is 0 Å². The normalized spacial score (nSPS) is 16.0. The lowest BCUT2D eigenvalue weighted by molar-refractivity contribution is 0.294. The van der Waals surface area contributed by atoms with Crippen molar-refractivity contribution in [2.75, 3.05) is 6.61 Å². The quantitative estimate of drug-likeness (QED) is 0.894. The molecule has 1 aliphatic rings. The lowest BCUT2D eigenvalue weighted by Crippen LogP contribution is -2.19. The lowest BCUT2D eigenvalue weighted by atomic mass is 10.0. The van der Waals surface area contributed by atoms with Gasteiger partial charge in [0.25, 0.3) is 0 Å². The maximum Gasteiger partial charge on any atom is 0.125 e. The molecule has 0 amide bonds. The van der Waals surface area contributed by atoms with E-state index < -0.39 is 0 Å². The van der Waals surface area contributed by atoms with E-state index in [9.17, 15) is 4.39 Å². The summed E-state index contributed by atoms with van der Waals surface area (Å²) in [4.78, 5) is 0. The van der Waals surface area contributed by atoms with Gasteiger partial charge < -0.3 is 10.5 Å². The maximum atomic E-state index is 13.4. The highest BCUT2D eigenvalue weighted by atomic mass is 35.5. The number of benzene rings is 1. The first-order valence-corrected chi connectivity index (χ1v) is 6.23. The van der Waals surface area contributed by atoms with Crippen molar-refractivity contribution in [1.29, 1.82) is 0 Å². The summed E-state index contributed by atoms with van der Waals surface area (Å²) in [5, 5.41) is 0. The van der Waals surface area contributed by atoms with Crippen molar-refractivity contribution in [3.63, 3.8) is 0 Å². The van der Waals surface area contributed by atoms with Gasteiger partial charge in [-0.3, -0.25) is 0 Å². The number of aryl methyl sites for hydroxylation is 1. The third-order valence-corrected chi connectivity index (χ3v) is 3.02. The van der Waals surface area contributed by atoms with Crippen molar-refractivity contribution < 1.29 is 9.13 Å². The molecule has 0 aliphatic heterocycles. The van der Waals surface area contributed by atoms with E-state index in [1.54, 1.807) is 6.07 Å². The molecule has 1 saturated carbocycles. The van der Waals surface area contributed by atoms with Gasteiger partial charge in [-0.05, 0) is 62.3 Å². The second-order valence-corrected chi connectivity index (χ2v) is 5.15. The molecule has 1 aromatic rings. The van der Waals surface area contributed by atoms with Crippen LogP contribution in [0.15, 0.2) is 12.1 Å². The minimum absolute atomic E-state index is 0. The SMILES string of the molecule is Cc1cc(F)cc(CC(C)N)c1OCC1CC1.Cl. The average molecular weight is 274 g/mol. The largest absolute Gasteiger partial charge is 0.493 e. The van der Waals surface area contributed by atoms with Crippen LogP contribution in [0.25, 0.3) is 0 Å². The Balaban J connectivity index is 0.00000162. The first-order chi connectivity index (χ1) is 8.06. The van der Waals surface area contributed by atoms with Gasteiger partial charge in [-0.25, -0.2) is 4.39 Å². The second-order valence-electron chi connectivity index (χ2n) is 5.15. The zero-order valence-corrected chi connectivity index (χ0v) is 11.7. The summed E-state index contributed by atoms with van der Waals surface area (Å²) in [6.07, 6.45) is 3.16. The van der Waals surface area contributed by atoms with Gasteiger partial charge in [0.05, 0.1) is 6.61 Å². The first-order valence-electron chi connectivity index (χ1n) is 6.23. The molecule has 2 rings (SSSR count). The molecule has 102 valence electrons. The zero-order chi connectivity index (χ0) is 12.4. The lowest BCUT2D eigenvalue weighted by Gasteiger charge is -2.15. The monoisotopic (exact) mass is 273 g/mol. The summed E-state index contributed by atoms with van der Waals surface area (Å²) in [6.45, 7) is 4.55. The minimum atomic E-state index is -0.211. The molecular formula is C14H21ClFNO. The second kappa shape index (κ2) is 6.39. The van der Waals surface area contributed by atoms with E-state index in [1.807, 2.05) is 13.8 Å². The van der Waals surface area contributed by atoms with E-state index in [2.05, 4.69) is 0 Å². The molecule has 2 N–H and O–H groups in total. The van der Waals surface area contributed by atoms with Crippen molar-refractivity contribution in [2.24, 2.45) is 11.7 Å². The molecule has 0 radical (unpaired) electrons. The highest BCUT2D eigenvalue weighted by Crippen LogP contribution is 2.32. The summed E-state index contributed by atoms with van der Waals surface area (Å²) in [7, 11) is 0. The fourth-order valence-corrected chi connectivity index (χ4v) is 1.99. The van der Waals surface area contributed by atoms with Crippen molar-refractivity contribution in [3.8, 4) is 5.75 Å². The molecule has 18 heavy (non-hydrogen) atoms. The van der Waals surface area contributed by atoms with Gasteiger partial charge in [-0.15, -0.1) is 12.4 Å². The molecule has 1 aliphatic carbocycles. The van der Waals surface area contributed by atoms with Crippen molar-refractivity contribution in [1.82, 2.24) is 0 Å².